The van der Waals surface area contributed by atoms with Crippen molar-refractivity contribution in [2.24, 2.45) is 23.2 Å². The van der Waals surface area contributed by atoms with Gasteiger partial charge >= 0.3 is 11.9 Å². The van der Waals surface area contributed by atoms with Crippen LogP contribution in [0.2, 0.25) is 0 Å². The van der Waals surface area contributed by atoms with E-state index in [1.54, 1.807) is 38.5 Å². The van der Waals surface area contributed by atoms with Crippen LogP contribution in [-0.4, -0.2) is 34.7 Å². The van der Waals surface area contributed by atoms with Crippen molar-refractivity contribution in [3.05, 3.63) is 48.0 Å². The van der Waals surface area contributed by atoms with Gasteiger partial charge in [-0.05, 0) is 100.0 Å². The molecular weight excluding hydrogens is 390 g/mol. The molecule has 0 spiro atoms. The van der Waals surface area contributed by atoms with E-state index in [-0.39, 0.29) is 0 Å². The molecule has 0 aromatic heterocycles. The Morgan fingerprint density at radius 3 is 2.00 bits per heavy atom. The highest BCUT2D eigenvalue weighted by Gasteiger charge is 2.50. The van der Waals surface area contributed by atoms with Gasteiger partial charge in [0.15, 0.2) is 0 Å². The van der Waals surface area contributed by atoms with Gasteiger partial charge in [0.25, 0.3) is 0 Å². The Hall–Kier alpha value is -2.14. The highest BCUT2D eigenvalue weighted by atomic mass is 16.4. The summed E-state index contributed by atoms with van der Waals surface area (Å²) in [5.41, 5.74) is 2.21. The number of benzene rings is 1. The van der Waals surface area contributed by atoms with Crippen LogP contribution in [-0.2, 0) is 16.0 Å². The lowest BCUT2D eigenvalue weighted by Gasteiger charge is -2.57. The lowest BCUT2D eigenvalue weighted by Crippen LogP contribution is -2.47. The highest BCUT2D eigenvalue weighted by Crippen LogP contribution is 2.61. The Balaban J connectivity index is 0.000000293. The first-order valence-electron chi connectivity index (χ1n) is 11.7. The van der Waals surface area contributed by atoms with Gasteiger partial charge in [0, 0.05) is 18.2 Å². The van der Waals surface area contributed by atoms with Crippen LogP contribution in [0.1, 0.15) is 63.9 Å². The molecule has 1 aromatic carbocycles. The first-order chi connectivity index (χ1) is 14.8. The summed E-state index contributed by atoms with van der Waals surface area (Å²) in [5, 5.41) is 19.5. The molecule has 3 N–H and O–H groups in total. The smallest absolute Gasteiger partial charge is 0.328 e. The number of carbonyl (C=O) groups is 2. The molecule has 31 heavy (non-hydrogen) atoms. The number of rotatable bonds is 9. The fourth-order valence-electron chi connectivity index (χ4n) is 6.45. The molecule has 5 rings (SSSR count). The average molecular weight is 428 g/mol. The van der Waals surface area contributed by atoms with E-state index in [2.05, 4.69) is 42.6 Å². The maximum absolute atomic E-state index is 9.55. The van der Waals surface area contributed by atoms with Crippen LogP contribution in [0.5, 0.6) is 0 Å². The van der Waals surface area contributed by atoms with E-state index in [9.17, 15) is 9.59 Å². The van der Waals surface area contributed by atoms with Crippen LogP contribution in [0.4, 0.5) is 0 Å². The van der Waals surface area contributed by atoms with Gasteiger partial charge in [-0.2, -0.15) is 0 Å². The monoisotopic (exact) mass is 427 g/mol. The Kier molecular flexibility index (Phi) is 8.30. The first-order valence-corrected chi connectivity index (χ1v) is 11.7. The average Bonchev–Trinajstić information content (AvgIpc) is 2.71. The Morgan fingerprint density at radius 1 is 1.00 bits per heavy atom. The molecule has 4 aliphatic rings. The molecule has 4 aliphatic carbocycles. The van der Waals surface area contributed by atoms with Crippen LogP contribution in [0.3, 0.4) is 0 Å². The third-order valence-electron chi connectivity index (χ3n) is 7.39. The van der Waals surface area contributed by atoms with E-state index < -0.39 is 11.9 Å². The van der Waals surface area contributed by atoms with Crippen LogP contribution < -0.4 is 5.32 Å². The minimum atomic E-state index is -1.26. The molecular formula is C26H37NO4. The van der Waals surface area contributed by atoms with Gasteiger partial charge in [0.1, 0.15) is 0 Å². The van der Waals surface area contributed by atoms with Crippen molar-refractivity contribution in [1.29, 1.82) is 0 Å². The summed E-state index contributed by atoms with van der Waals surface area (Å²) in [5.74, 6) is 0.769. The summed E-state index contributed by atoms with van der Waals surface area (Å²) in [7, 11) is 0. The number of nitrogens with one attached hydrogen (secondary N) is 1. The molecule has 5 heteroatoms. The molecule has 0 amide bonds. The van der Waals surface area contributed by atoms with E-state index in [1.165, 1.54) is 31.4 Å². The molecule has 170 valence electrons. The number of carboxylic acid groups (broad SMARTS) is 2. The normalized spacial score (nSPS) is 29.4. The molecule has 1 aromatic rings. The molecule has 0 aliphatic heterocycles. The van der Waals surface area contributed by atoms with Crippen molar-refractivity contribution in [1.82, 2.24) is 5.32 Å². The minimum absolute atomic E-state index is 0.558. The quantitative estimate of drug-likeness (QED) is 0.487. The predicted octanol–water partition coefficient (Wildman–Crippen LogP) is 4.92. The zero-order chi connectivity index (χ0) is 22.3. The van der Waals surface area contributed by atoms with Crippen LogP contribution >= 0.6 is 0 Å². The third kappa shape index (κ3) is 7.49. The van der Waals surface area contributed by atoms with E-state index in [4.69, 9.17) is 10.2 Å². The maximum Gasteiger partial charge on any atom is 0.328 e. The number of hydrogen-bond acceptors (Lipinski definition) is 3. The molecule has 1 unspecified atom stereocenters. The van der Waals surface area contributed by atoms with Gasteiger partial charge in [0.05, 0.1) is 0 Å². The minimum Gasteiger partial charge on any atom is -0.478 e. The standard InChI is InChI=1S/C22H33N.C4H4O4/c1-17(7-8-18-5-3-2-4-6-18)23-10-9-22-14-19-11-20(15-22)13-21(12-19)16-22;5-3(6)1-2-4(7)8/h2-6,17,19-21,23H,7-16H2,1H3;1-2H,(H,5,6)(H,7,8)/b;2-1-. The number of hydrogen-bond donors (Lipinski definition) is 3. The summed E-state index contributed by atoms with van der Waals surface area (Å²) in [4.78, 5) is 19.1. The lowest BCUT2D eigenvalue weighted by molar-refractivity contribution is -0.134. The molecule has 1 atom stereocenters. The summed E-state index contributed by atoms with van der Waals surface area (Å²) >= 11 is 0. The Morgan fingerprint density at radius 2 is 1.52 bits per heavy atom. The fourth-order valence-corrected chi connectivity index (χ4v) is 6.45. The molecule has 4 saturated carbocycles. The van der Waals surface area contributed by atoms with Crippen molar-refractivity contribution in [3.8, 4) is 0 Å². The van der Waals surface area contributed by atoms with Crippen LogP contribution in [0, 0.1) is 23.2 Å². The molecule has 4 bridgehead atoms. The molecule has 4 fully saturated rings. The number of carboxylic acids is 2. The Bertz CT molecular complexity index is 707. The van der Waals surface area contributed by atoms with Gasteiger partial charge < -0.3 is 15.5 Å². The van der Waals surface area contributed by atoms with E-state index in [0.29, 0.717) is 18.2 Å². The lowest BCUT2D eigenvalue weighted by atomic mass is 9.49. The molecule has 0 radical (unpaired) electrons. The highest BCUT2D eigenvalue weighted by molar-refractivity contribution is 5.89. The number of aryl methyl sites for hydroxylation is 1. The van der Waals surface area contributed by atoms with E-state index in [0.717, 1.165) is 23.2 Å². The predicted molar refractivity (Wildman–Crippen MR) is 122 cm³/mol. The summed E-state index contributed by atoms with van der Waals surface area (Å²) in [6, 6.07) is 11.6. The maximum atomic E-state index is 9.55. The largest absolute Gasteiger partial charge is 0.478 e. The topological polar surface area (TPSA) is 86.6 Å². The fraction of sp³-hybridized carbons (Fsp3) is 0.615. The SMILES string of the molecule is CC(CCc1ccccc1)NCCC12CC3CC(CC(C3)C1)C2.O=C(O)/C=C\C(=O)O. The first kappa shape index (κ1) is 23.5. The zero-order valence-corrected chi connectivity index (χ0v) is 18.6. The zero-order valence-electron chi connectivity index (χ0n) is 18.6. The van der Waals surface area contributed by atoms with Gasteiger partial charge in [-0.3, -0.25) is 0 Å². The third-order valence-corrected chi connectivity index (χ3v) is 7.39. The summed E-state index contributed by atoms with van der Waals surface area (Å²) in [6.07, 6.45) is 14.4. The van der Waals surface area contributed by atoms with Gasteiger partial charge in [0.2, 0.25) is 0 Å². The second-order valence-electron chi connectivity index (χ2n) is 10.1. The second kappa shape index (κ2) is 10.9. The van der Waals surface area contributed by atoms with E-state index >= 15 is 0 Å². The van der Waals surface area contributed by atoms with Crippen molar-refractivity contribution < 1.29 is 19.8 Å². The van der Waals surface area contributed by atoms with Crippen LogP contribution in [0.25, 0.3) is 0 Å². The van der Waals surface area contributed by atoms with Crippen molar-refractivity contribution in [3.63, 3.8) is 0 Å². The van der Waals surface area contributed by atoms with Gasteiger partial charge in [-0.25, -0.2) is 9.59 Å². The number of aliphatic carboxylic acids is 2. The van der Waals surface area contributed by atoms with Crippen LogP contribution in [0.15, 0.2) is 42.5 Å². The van der Waals surface area contributed by atoms with Gasteiger partial charge in [-0.15, -0.1) is 0 Å². The summed E-state index contributed by atoms with van der Waals surface area (Å²) < 4.78 is 0. The molecule has 0 heterocycles. The second-order valence-corrected chi connectivity index (χ2v) is 10.1. The molecule has 5 nitrogen and oxygen atoms in total. The Labute approximate surface area is 185 Å². The van der Waals surface area contributed by atoms with Crippen molar-refractivity contribution >= 4 is 11.9 Å². The summed E-state index contributed by atoms with van der Waals surface area (Å²) in [6.45, 7) is 3.60. The van der Waals surface area contributed by atoms with E-state index in [1.807, 2.05) is 0 Å². The van der Waals surface area contributed by atoms with Crippen molar-refractivity contribution in [2.45, 2.75) is 70.8 Å². The van der Waals surface area contributed by atoms with Gasteiger partial charge in [-0.1, -0.05) is 30.3 Å². The van der Waals surface area contributed by atoms with Crippen molar-refractivity contribution in [2.75, 3.05) is 6.54 Å². The molecule has 0 saturated heterocycles.